The van der Waals surface area contributed by atoms with E-state index < -0.39 is 0 Å². The van der Waals surface area contributed by atoms with Gasteiger partial charge >= 0.3 is 0 Å². The lowest BCUT2D eigenvalue weighted by Crippen LogP contribution is -2.43. The summed E-state index contributed by atoms with van der Waals surface area (Å²) in [5.74, 6) is 0. The van der Waals surface area contributed by atoms with Crippen molar-refractivity contribution in [1.82, 2.24) is 4.90 Å². The maximum Gasteiger partial charge on any atom is 0.0933 e. The van der Waals surface area contributed by atoms with Crippen LogP contribution >= 0.6 is 12.4 Å². The summed E-state index contributed by atoms with van der Waals surface area (Å²) in [5, 5.41) is 9.02. The van der Waals surface area contributed by atoms with E-state index in [1.807, 2.05) is 6.07 Å². The highest BCUT2D eigenvalue weighted by molar-refractivity contribution is 5.85. The predicted octanol–water partition coefficient (Wildman–Crippen LogP) is 1.30. The summed E-state index contributed by atoms with van der Waals surface area (Å²) in [6, 6.07) is 10.4. The van der Waals surface area contributed by atoms with E-state index in [0.29, 0.717) is 0 Å². The third-order valence-corrected chi connectivity index (χ3v) is 2.68. The molecular formula is C12H18ClNO2. The highest BCUT2D eigenvalue weighted by Crippen LogP contribution is 2.09. The Kier molecular flexibility index (Phi) is 5.77. The van der Waals surface area contributed by atoms with Crippen molar-refractivity contribution < 1.29 is 9.84 Å². The van der Waals surface area contributed by atoms with Crippen molar-refractivity contribution in [3.8, 4) is 0 Å². The monoisotopic (exact) mass is 243 g/mol. The summed E-state index contributed by atoms with van der Waals surface area (Å²) < 4.78 is 5.40. The zero-order chi connectivity index (χ0) is 10.5. The maximum atomic E-state index is 9.02. The summed E-state index contributed by atoms with van der Waals surface area (Å²) in [4.78, 5) is 2.32. The molecule has 1 aromatic rings. The first-order chi connectivity index (χ1) is 7.38. The predicted molar refractivity (Wildman–Crippen MR) is 65.8 cm³/mol. The van der Waals surface area contributed by atoms with Gasteiger partial charge < -0.3 is 9.84 Å². The van der Waals surface area contributed by atoms with Gasteiger partial charge in [-0.15, -0.1) is 12.4 Å². The van der Waals surface area contributed by atoms with Crippen LogP contribution in [0.4, 0.5) is 0 Å². The fourth-order valence-corrected chi connectivity index (χ4v) is 1.88. The zero-order valence-electron chi connectivity index (χ0n) is 9.21. The maximum absolute atomic E-state index is 9.02. The highest BCUT2D eigenvalue weighted by Gasteiger charge is 2.19. The highest BCUT2D eigenvalue weighted by atomic mass is 35.5. The van der Waals surface area contributed by atoms with Crippen molar-refractivity contribution in [3.05, 3.63) is 35.9 Å². The van der Waals surface area contributed by atoms with E-state index in [2.05, 4.69) is 29.2 Å². The summed E-state index contributed by atoms with van der Waals surface area (Å²) in [5.41, 5.74) is 1.32. The minimum atomic E-state index is -0.0116. The molecule has 0 bridgehead atoms. The van der Waals surface area contributed by atoms with Crippen molar-refractivity contribution in [3.63, 3.8) is 0 Å². The van der Waals surface area contributed by atoms with Crippen LogP contribution in [0.25, 0.3) is 0 Å². The summed E-state index contributed by atoms with van der Waals surface area (Å²) in [6.45, 7) is 3.56. The standard InChI is InChI=1S/C12H17NO2.ClH/c14-10-12-9-13(6-7-15-12)8-11-4-2-1-3-5-11;/h1-5,12,14H,6-10H2;1H. The summed E-state index contributed by atoms with van der Waals surface area (Å²) >= 11 is 0. The zero-order valence-corrected chi connectivity index (χ0v) is 10.0. The Morgan fingerprint density at radius 1 is 1.31 bits per heavy atom. The Morgan fingerprint density at radius 2 is 2.06 bits per heavy atom. The van der Waals surface area contributed by atoms with Crippen molar-refractivity contribution in [2.75, 3.05) is 26.3 Å². The molecule has 0 spiro atoms. The van der Waals surface area contributed by atoms with Crippen LogP contribution in [-0.4, -0.2) is 42.4 Å². The first-order valence-electron chi connectivity index (χ1n) is 5.37. The van der Waals surface area contributed by atoms with Gasteiger partial charge in [0.05, 0.1) is 19.3 Å². The van der Waals surface area contributed by atoms with E-state index in [0.717, 1.165) is 26.2 Å². The molecule has 1 unspecified atom stereocenters. The molecule has 0 aliphatic carbocycles. The molecule has 1 heterocycles. The Morgan fingerprint density at radius 3 is 2.75 bits per heavy atom. The molecule has 1 fully saturated rings. The number of hydrogen-bond acceptors (Lipinski definition) is 3. The first kappa shape index (κ1) is 13.5. The lowest BCUT2D eigenvalue weighted by atomic mass is 10.2. The summed E-state index contributed by atoms with van der Waals surface area (Å²) in [6.07, 6.45) is -0.0116. The largest absolute Gasteiger partial charge is 0.394 e. The Hall–Kier alpha value is -0.610. The van der Waals surface area contributed by atoms with Crippen LogP contribution in [0.2, 0.25) is 0 Å². The number of aliphatic hydroxyl groups excluding tert-OH is 1. The third kappa shape index (κ3) is 3.76. The van der Waals surface area contributed by atoms with Crippen molar-refractivity contribution in [1.29, 1.82) is 0 Å². The molecule has 1 saturated heterocycles. The van der Waals surface area contributed by atoms with Crippen LogP contribution < -0.4 is 0 Å². The van der Waals surface area contributed by atoms with Crippen LogP contribution in [0.3, 0.4) is 0 Å². The minimum Gasteiger partial charge on any atom is -0.394 e. The first-order valence-corrected chi connectivity index (χ1v) is 5.37. The van der Waals surface area contributed by atoms with Crippen molar-refractivity contribution in [2.45, 2.75) is 12.6 Å². The number of benzene rings is 1. The van der Waals surface area contributed by atoms with Gasteiger partial charge in [-0.1, -0.05) is 30.3 Å². The average molecular weight is 244 g/mol. The second-order valence-electron chi connectivity index (χ2n) is 3.90. The van der Waals surface area contributed by atoms with Crippen LogP contribution in [0.1, 0.15) is 5.56 Å². The van der Waals surface area contributed by atoms with E-state index in [9.17, 15) is 0 Å². The van der Waals surface area contributed by atoms with E-state index in [-0.39, 0.29) is 25.1 Å². The molecule has 1 N–H and O–H groups in total. The topological polar surface area (TPSA) is 32.7 Å². The molecule has 0 aromatic heterocycles. The lowest BCUT2D eigenvalue weighted by molar-refractivity contribution is -0.0551. The summed E-state index contributed by atoms with van der Waals surface area (Å²) in [7, 11) is 0. The van der Waals surface area contributed by atoms with E-state index in [1.54, 1.807) is 0 Å². The normalized spacial score (nSPS) is 21.4. The molecule has 0 saturated carbocycles. The van der Waals surface area contributed by atoms with Crippen LogP contribution in [-0.2, 0) is 11.3 Å². The number of aliphatic hydroxyl groups is 1. The van der Waals surface area contributed by atoms with Gasteiger partial charge in [-0.3, -0.25) is 4.90 Å². The minimum absolute atomic E-state index is 0. The Labute approximate surface area is 102 Å². The molecule has 90 valence electrons. The smallest absolute Gasteiger partial charge is 0.0933 e. The fraction of sp³-hybridized carbons (Fsp3) is 0.500. The molecule has 1 atom stereocenters. The molecule has 2 rings (SSSR count). The van der Waals surface area contributed by atoms with Crippen molar-refractivity contribution >= 4 is 12.4 Å². The molecule has 0 amide bonds. The van der Waals surface area contributed by atoms with Gasteiger partial charge in [0, 0.05) is 19.6 Å². The molecule has 3 nitrogen and oxygen atoms in total. The molecule has 1 aliphatic heterocycles. The molecular weight excluding hydrogens is 226 g/mol. The number of morpholine rings is 1. The second kappa shape index (κ2) is 6.86. The van der Waals surface area contributed by atoms with Gasteiger partial charge in [0.1, 0.15) is 0 Å². The van der Waals surface area contributed by atoms with E-state index in [4.69, 9.17) is 9.84 Å². The molecule has 4 heteroatoms. The number of halogens is 1. The fourth-order valence-electron chi connectivity index (χ4n) is 1.88. The average Bonchev–Trinajstić information content (AvgIpc) is 2.31. The van der Waals surface area contributed by atoms with E-state index >= 15 is 0 Å². The molecule has 0 radical (unpaired) electrons. The SMILES string of the molecule is Cl.OCC1CN(Cc2ccccc2)CCO1. The van der Waals surface area contributed by atoms with Crippen molar-refractivity contribution in [2.24, 2.45) is 0 Å². The molecule has 1 aromatic carbocycles. The van der Waals surface area contributed by atoms with Gasteiger partial charge in [0.2, 0.25) is 0 Å². The van der Waals surface area contributed by atoms with Gasteiger partial charge in [0.25, 0.3) is 0 Å². The van der Waals surface area contributed by atoms with Gasteiger partial charge in [0.15, 0.2) is 0 Å². The number of hydrogen-bond donors (Lipinski definition) is 1. The lowest BCUT2D eigenvalue weighted by Gasteiger charge is -2.31. The van der Waals surface area contributed by atoms with Crippen LogP contribution in [0.15, 0.2) is 30.3 Å². The molecule has 16 heavy (non-hydrogen) atoms. The molecule has 1 aliphatic rings. The van der Waals surface area contributed by atoms with Gasteiger partial charge in [-0.25, -0.2) is 0 Å². The quantitative estimate of drug-likeness (QED) is 0.869. The van der Waals surface area contributed by atoms with Crippen LogP contribution in [0.5, 0.6) is 0 Å². The van der Waals surface area contributed by atoms with Crippen LogP contribution in [0, 0.1) is 0 Å². The second-order valence-corrected chi connectivity index (χ2v) is 3.90. The van der Waals surface area contributed by atoms with Gasteiger partial charge in [-0.05, 0) is 5.56 Å². The number of nitrogens with zero attached hydrogens (tertiary/aromatic N) is 1. The number of ether oxygens (including phenoxy) is 1. The third-order valence-electron chi connectivity index (χ3n) is 2.68. The Bertz CT molecular complexity index is 294. The number of rotatable bonds is 3. The van der Waals surface area contributed by atoms with Gasteiger partial charge in [-0.2, -0.15) is 0 Å². The Balaban J connectivity index is 0.00000128. The van der Waals surface area contributed by atoms with E-state index in [1.165, 1.54) is 5.56 Å².